The molecule has 2 aliphatic rings. The predicted molar refractivity (Wildman–Crippen MR) is 99.5 cm³/mol. The fourth-order valence-corrected chi connectivity index (χ4v) is 3.48. The van der Waals surface area contributed by atoms with Gasteiger partial charge in [-0.15, -0.1) is 13.2 Å². The lowest BCUT2D eigenvalue weighted by Gasteiger charge is -2.22. The Bertz CT molecular complexity index is 884. The van der Waals surface area contributed by atoms with Crippen LogP contribution in [0.5, 0.6) is 5.75 Å². The van der Waals surface area contributed by atoms with Gasteiger partial charge in [0, 0.05) is 13.1 Å². The van der Waals surface area contributed by atoms with E-state index in [1.165, 1.54) is 19.1 Å². The molecule has 0 radical (unpaired) electrons. The highest BCUT2D eigenvalue weighted by molar-refractivity contribution is 6.09. The van der Waals surface area contributed by atoms with Crippen molar-refractivity contribution in [3.63, 3.8) is 0 Å². The predicted octanol–water partition coefficient (Wildman–Crippen LogP) is 1.09. The number of likely N-dealkylation sites (tertiary alicyclic amines) is 1. The third-order valence-electron chi connectivity index (χ3n) is 5.14. The van der Waals surface area contributed by atoms with Crippen LogP contribution < -0.4 is 15.4 Å². The van der Waals surface area contributed by atoms with Crippen LogP contribution in [0.3, 0.4) is 0 Å². The first-order chi connectivity index (χ1) is 14.5. The maximum atomic E-state index is 12.8. The minimum Gasteiger partial charge on any atom is -0.406 e. The number of nitrogens with zero attached hydrogens (tertiary/aromatic N) is 2. The number of amides is 5. The van der Waals surface area contributed by atoms with Crippen molar-refractivity contribution >= 4 is 23.8 Å². The van der Waals surface area contributed by atoms with E-state index in [-0.39, 0.29) is 18.0 Å². The van der Waals surface area contributed by atoms with Gasteiger partial charge in [0.1, 0.15) is 17.8 Å². The smallest absolute Gasteiger partial charge is 0.406 e. The average molecular weight is 442 g/mol. The molecule has 9 nitrogen and oxygen atoms in total. The van der Waals surface area contributed by atoms with E-state index in [9.17, 15) is 32.3 Å². The molecule has 3 rings (SSSR count). The van der Waals surface area contributed by atoms with E-state index in [2.05, 4.69) is 15.4 Å². The summed E-state index contributed by atoms with van der Waals surface area (Å²) in [6.45, 7) is 1.81. The van der Waals surface area contributed by atoms with E-state index in [4.69, 9.17) is 0 Å². The Balaban J connectivity index is 1.61. The number of hydrogen-bond acceptors (Lipinski definition) is 5. The number of hydrogen-bond donors (Lipinski definition) is 2. The van der Waals surface area contributed by atoms with Crippen molar-refractivity contribution in [2.45, 2.75) is 31.7 Å². The molecule has 0 aliphatic carbocycles. The van der Waals surface area contributed by atoms with Gasteiger partial charge in [-0.05, 0) is 37.5 Å². The van der Waals surface area contributed by atoms with Gasteiger partial charge in [0.05, 0.1) is 6.54 Å². The third-order valence-corrected chi connectivity index (χ3v) is 5.14. The molecule has 0 bridgehead atoms. The van der Waals surface area contributed by atoms with Crippen LogP contribution in [0.1, 0.15) is 25.3 Å². The van der Waals surface area contributed by atoms with Gasteiger partial charge in [0.25, 0.3) is 5.91 Å². The summed E-state index contributed by atoms with van der Waals surface area (Å²) in [7, 11) is 0. The lowest BCUT2D eigenvalue weighted by Crippen LogP contribution is -2.45. The van der Waals surface area contributed by atoms with Crippen molar-refractivity contribution < 1.29 is 37.1 Å². The first-order valence-corrected chi connectivity index (χ1v) is 9.54. The molecule has 2 heterocycles. The number of halogens is 3. The molecule has 12 heteroatoms. The molecule has 1 atom stereocenters. The molecule has 2 saturated heterocycles. The zero-order valence-electron chi connectivity index (χ0n) is 16.6. The molecular formula is C19H21F3N4O5. The lowest BCUT2D eigenvalue weighted by atomic mass is 9.92. The summed E-state index contributed by atoms with van der Waals surface area (Å²) in [5.74, 6) is -2.15. The van der Waals surface area contributed by atoms with Crippen LogP contribution in [0.25, 0.3) is 0 Å². The number of carbonyl (C=O) groups excluding carboxylic acids is 4. The van der Waals surface area contributed by atoms with Crippen LogP contribution in [-0.2, 0) is 19.9 Å². The number of carbonyl (C=O) groups is 4. The van der Waals surface area contributed by atoms with Crippen LogP contribution >= 0.6 is 0 Å². The second-order valence-electron chi connectivity index (χ2n) is 7.38. The number of urea groups is 1. The van der Waals surface area contributed by atoms with Gasteiger partial charge in [-0.2, -0.15) is 0 Å². The largest absolute Gasteiger partial charge is 0.573 e. The molecule has 168 valence electrons. The zero-order valence-corrected chi connectivity index (χ0v) is 16.6. The van der Waals surface area contributed by atoms with Gasteiger partial charge < -0.3 is 20.3 Å². The summed E-state index contributed by atoms with van der Waals surface area (Å²) in [6, 6.07) is 3.65. The quantitative estimate of drug-likeness (QED) is 0.642. The fraction of sp³-hybridized carbons (Fsp3) is 0.474. The summed E-state index contributed by atoms with van der Waals surface area (Å²) >= 11 is 0. The molecule has 0 spiro atoms. The van der Waals surface area contributed by atoms with Gasteiger partial charge in [0.2, 0.25) is 11.8 Å². The van der Waals surface area contributed by atoms with Gasteiger partial charge in [-0.25, -0.2) is 4.79 Å². The van der Waals surface area contributed by atoms with Crippen LogP contribution in [0, 0.1) is 0 Å². The highest BCUT2D eigenvalue weighted by atomic mass is 19.4. The lowest BCUT2D eigenvalue weighted by molar-refractivity contribution is -0.274. The van der Waals surface area contributed by atoms with E-state index in [1.807, 2.05) is 0 Å². The molecule has 2 fully saturated rings. The van der Waals surface area contributed by atoms with Gasteiger partial charge in [-0.1, -0.05) is 12.1 Å². The molecule has 5 amide bonds. The molecule has 2 N–H and O–H groups in total. The first kappa shape index (κ1) is 22.4. The zero-order chi connectivity index (χ0) is 22.8. The van der Waals surface area contributed by atoms with Gasteiger partial charge in [0.15, 0.2) is 0 Å². The molecule has 0 saturated carbocycles. The van der Waals surface area contributed by atoms with Crippen molar-refractivity contribution in [2.24, 2.45) is 0 Å². The number of benzene rings is 1. The van der Waals surface area contributed by atoms with E-state index in [1.54, 1.807) is 4.90 Å². The Morgan fingerprint density at radius 2 is 1.77 bits per heavy atom. The third kappa shape index (κ3) is 5.06. The van der Waals surface area contributed by atoms with Crippen LogP contribution in [0.2, 0.25) is 0 Å². The Morgan fingerprint density at radius 1 is 1.16 bits per heavy atom. The summed E-state index contributed by atoms with van der Waals surface area (Å²) in [5, 5.41) is 4.84. The molecule has 31 heavy (non-hydrogen) atoms. The monoisotopic (exact) mass is 442 g/mol. The Labute approximate surface area is 175 Å². The molecule has 1 unspecified atom stereocenters. The van der Waals surface area contributed by atoms with E-state index in [0.29, 0.717) is 18.0 Å². The number of alkyl halides is 3. The summed E-state index contributed by atoms with van der Waals surface area (Å²) in [6.07, 6.45) is -3.04. The standard InChI is InChI=1S/C19H21F3N4O5/c1-18(12-4-6-13(7-5-12)31-19(20,21)22)16(29)26(17(30)24-18)11-14(27)23-10-15(28)25-8-2-3-9-25/h4-7H,2-3,8-11H2,1H3,(H,23,27)(H,24,30). The molecule has 0 aromatic heterocycles. The Morgan fingerprint density at radius 3 is 2.35 bits per heavy atom. The average Bonchev–Trinajstić information content (AvgIpc) is 3.29. The minimum absolute atomic E-state index is 0.215. The number of rotatable bonds is 6. The maximum absolute atomic E-state index is 12.8. The highest BCUT2D eigenvalue weighted by Gasteiger charge is 2.49. The number of imide groups is 1. The highest BCUT2D eigenvalue weighted by Crippen LogP contribution is 2.31. The van der Waals surface area contributed by atoms with Crippen molar-refractivity contribution in [1.29, 1.82) is 0 Å². The van der Waals surface area contributed by atoms with E-state index >= 15 is 0 Å². The Hall–Kier alpha value is -3.31. The van der Waals surface area contributed by atoms with Crippen molar-refractivity contribution in [2.75, 3.05) is 26.2 Å². The second kappa shape index (κ2) is 8.44. The van der Waals surface area contributed by atoms with Crippen LogP contribution in [0.4, 0.5) is 18.0 Å². The van der Waals surface area contributed by atoms with Crippen LogP contribution in [-0.4, -0.2) is 66.1 Å². The molecule has 1 aromatic carbocycles. The summed E-state index contributed by atoms with van der Waals surface area (Å²) < 4.78 is 40.7. The summed E-state index contributed by atoms with van der Waals surface area (Å²) in [4.78, 5) is 51.5. The van der Waals surface area contributed by atoms with E-state index < -0.39 is 42.0 Å². The first-order valence-electron chi connectivity index (χ1n) is 9.54. The SMILES string of the molecule is CC1(c2ccc(OC(F)(F)F)cc2)NC(=O)N(CC(=O)NCC(=O)N2CCCC2)C1=O. The minimum atomic E-state index is -4.86. The fourth-order valence-electron chi connectivity index (χ4n) is 3.48. The Kier molecular flexibility index (Phi) is 6.09. The van der Waals surface area contributed by atoms with Crippen LogP contribution in [0.15, 0.2) is 24.3 Å². The van der Waals surface area contributed by atoms with Crippen molar-refractivity contribution in [3.8, 4) is 5.75 Å². The summed E-state index contributed by atoms with van der Waals surface area (Å²) in [5.41, 5.74) is -1.35. The normalized spacial score (nSPS) is 21.3. The van der Waals surface area contributed by atoms with Crippen molar-refractivity contribution in [1.82, 2.24) is 20.4 Å². The molecule has 1 aromatic rings. The molecular weight excluding hydrogens is 421 g/mol. The topological polar surface area (TPSA) is 108 Å². The van der Waals surface area contributed by atoms with Gasteiger partial charge in [-0.3, -0.25) is 19.3 Å². The second-order valence-corrected chi connectivity index (χ2v) is 7.38. The van der Waals surface area contributed by atoms with Crippen molar-refractivity contribution in [3.05, 3.63) is 29.8 Å². The van der Waals surface area contributed by atoms with E-state index in [0.717, 1.165) is 25.0 Å². The van der Waals surface area contributed by atoms with Gasteiger partial charge >= 0.3 is 12.4 Å². The maximum Gasteiger partial charge on any atom is 0.573 e. The molecule has 2 aliphatic heterocycles. The number of nitrogens with one attached hydrogen (secondary N) is 2. The number of ether oxygens (including phenoxy) is 1.